The van der Waals surface area contributed by atoms with E-state index in [4.69, 9.17) is 0 Å². The van der Waals surface area contributed by atoms with Crippen molar-refractivity contribution in [3.05, 3.63) is 0 Å². The maximum absolute atomic E-state index is 4.68. The Hall–Kier alpha value is 0.869. The van der Waals surface area contributed by atoms with Crippen molar-refractivity contribution in [2.45, 2.75) is 27.7 Å². The molecule has 0 aliphatic heterocycles. The van der Waals surface area contributed by atoms with Crippen molar-refractivity contribution in [2.75, 3.05) is 11.5 Å². The fraction of sp³-hybridized carbons (Fsp3) is 1.00. The predicted octanol–water partition coefficient (Wildman–Crippen LogP) is 2.00. The Bertz CT molecular complexity index is 48.1. The summed E-state index contributed by atoms with van der Waals surface area (Å²) in [4.78, 5) is 0. The van der Waals surface area contributed by atoms with E-state index in [2.05, 4.69) is 53.0 Å². The summed E-state index contributed by atoms with van der Waals surface area (Å²) in [6, 6.07) is 0. The molecule has 0 spiro atoms. The fourth-order valence-corrected chi connectivity index (χ4v) is 0. The van der Waals surface area contributed by atoms with Crippen LogP contribution >= 0.6 is 0 Å². The number of hydrogen-bond acceptors (Lipinski definition) is 2. The van der Waals surface area contributed by atoms with E-state index in [1.165, 1.54) is 0 Å². The molecule has 0 saturated carbocycles. The first-order chi connectivity index (χ1) is 4.54. The van der Waals surface area contributed by atoms with E-state index in [9.17, 15) is 0 Å². The zero-order chi connectivity index (χ0) is 8.57. The van der Waals surface area contributed by atoms with Crippen molar-refractivity contribution in [1.82, 2.24) is 0 Å². The normalized spacial score (nSPS) is 8.73. The monoisotopic (exact) mass is 187 g/mol. The molecule has 0 rings (SSSR count). The molecule has 0 saturated heterocycles. The molecule has 64 valence electrons. The summed E-state index contributed by atoms with van der Waals surface area (Å²) < 4.78 is 0. The standard InChI is InChI=1S/2C4H10S.Be/c2*1-4(2)3-5;/h2*4-5H,3H2,1-2H3;/q;;+2/p-2. The van der Waals surface area contributed by atoms with Crippen LogP contribution in [-0.2, 0) is 25.3 Å². The average Bonchev–Trinajstić information content (AvgIpc) is 1.89. The Kier molecular flexibility index (Phi) is 21.8. The van der Waals surface area contributed by atoms with Crippen LogP contribution in [0.1, 0.15) is 27.7 Å². The van der Waals surface area contributed by atoms with Crippen molar-refractivity contribution in [3.8, 4) is 0 Å². The quantitative estimate of drug-likeness (QED) is 0.479. The minimum atomic E-state index is 0. The minimum absolute atomic E-state index is 0. The van der Waals surface area contributed by atoms with Gasteiger partial charge in [-0.15, -0.1) is 0 Å². The second-order valence-electron chi connectivity index (χ2n) is 3.12. The van der Waals surface area contributed by atoms with Gasteiger partial charge >= 0.3 is 10.1 Å². The molecule has 0 N–H and O–H groups in total. The van der Waals surface area contributed by atoms with Crippen molar-refractivity contribution >= 4 is 35.4 Å². The molecular weight excluding hydrogens is 169 g/mol. The van der Waals surface area contributed by atoms with Gasteiger partial charge < -0.3 is 25.3 Å². The molecule has 0 radical (unpaired) electrons. The average molecular weight is 187 g/mol. The van der Waals surface area contributed by atoms with Gasteiger partial charge in [-0.3, -0.25) is 0 Å². The largest absolute Gasteiger partial charge is 2.00 e. The molecule has 0 heterocycles. The minimum Gasteiger partial charge on any atom is -0.792 e. The van der Waals surface area contributed by atoms with E-state index in [0.29, 0.717) is 11.8 Å². The summed E-state index contributed by atoms with van der Waals surface area (Å²) in [6.07, 6.45) is 0. The molecule has 0 bridgehead atoms. The second kappa shape index (κ2) is 13.5. The van der Waals surface area contributed by atoms with E-state index in [0.717, 1.165) is 11.5 Å². The summed E-state index contributed by atoms with van der Waals surface area (Å²) in [5, 5.41) is 0. The van der Waals surface area contributed by atoms with Crippen molar-refractivity contribution in [3.63, 3.8) is 0 Å². The molecule has 0 atom stereocenters. The molecule has 0 aromatic heterocycles. The molecule has 0 amide bonds. The zero-order valence-corrected chi connectivity index (χ0v) is 9.73. The smallest absolute Gasteiger partial charge is 0.792 e. The molecule has 3 heteroatoms. The number of hydrogen-bond donors (Lipinski definition) is 0. The van der Waals surface area contributed by atoms with E-state index in [1.54, 1.807) is 0 Å². The first kappa shape index (κ1) is 17.8. The molecule has 0 aliphatic carbocycles. The van der Waals surface area contributed by atoms with Crippen LogP contribution < -0.4 is 0 Å². The van der Waals surface area contributed by atoms with Gasteiger partial charge in [-0.25, -0.2) is 0 Å². The van der Waals surface area contributed by atoms with Gasteiger partial charge in [0.2, 0.25) is 0 Å². The summed E-state index contributed by atoms with van der Waals surface area (Å²) >= 11 is 9.35. The van der Waals surface area contributed by atoms with E-state index in [-0.39, 0.29) is 10.1 Å². The van der Waals surface area contributed by atoms with Crippen LogP contribution in [0.2, 0.25) is 0 Å². The van der Waals surface area contributed by atoms with Crippen molar-refractivity contribution < 1.29 is 0 Å². The maximum Gasteiger partial charge on any atom is 2.00 e. The van der Waals surface area contributed by atoms with Gasteiger partial charge in [0.05, 0.1) is 0 Å². The molecule has 11 heavy (non-hydrogen) atoms. The second-order valence-corrected chi connectivity index (χ2v) is 3.79. The summed E-state index contributed by atoms with van der Waals surface area (Å²) in [6.45, 7) is 8.47. The predicted molar refractivity (Wildman–Crippen MR) is 59.9 cm³/mol. The Labute approximate surface area is 86.6 Å². The van der Waals surface area contributed by atoms with E-state index < -0.39 is 0 Å². The van der Waals surface area contributed by atoms with Gasteiger partial charge in [0.25, 0.3) is 0 Å². The third-order valence-electron chi connectivity index (χ3n) is 0.667. The van der Waals surface area contributed by atoms with E-state index >= 15 is 0 Å². The van der Waals surface area contributed by atoms with Gasteiger partial charge in [0.1, 0.15) is 0 Å². The molecule has 0 nitrogen and oxygen atoms in total. The van der Waals surface area contributed by atoms with Crippen LogP contribution in [0.25, 0.3) is 0 Å². The van der Waals surface area contributed by atoms with Gasteiger partial charge in [-0.1, -0.05) is 39.5 Å². The third kappa shape index (κ3) is 36.1. The van der Waals surface area contributed by atoms with Crippen LogP contribution in [-0.4, -0.2) is 21.6 Å². The van der Waals surface area contributed by atoms with Gasteiger partial charge in [0.15, 0.2) is 0 Å². The summed E-state index contributed by atoms with van der Waals surface area (Å²) in [7, 11) is 0. The van der Waals surface area contributed by atoms with E-state index in [1.807, 2.05) is 0 Å². The van der Waals surface area contributed by atoms with Crippen LogP contribution in [0.4, 0.5) is 0 Å². The van der Waals surface area contributed by atoms with Gasteiger partial charge in [0, 0.05) is 0 Å². The van der Waals surface area contributed by atoms with Gasteiger partial charge in [-0.05, 0) is 0 Å². The first-order valence-electron chi connectivity index (χ1n) is 3.70. The van der Waals surface area contributed by atoms with Crippen molar-refractivity contribution in [2.24, 2.45) is 11.8 Å². The Morgan fingerprint density at radius 1 is 0.818 bits per heavy atom. The number of rotatable bonds is 2. The molecule has 0 unspecified atom stereocenters. The van der Waals surface area contributed by atoms with Crippen LogP contribution in [0.5, 0.6) is 0 Å². The fourth-order valence-electron chi connectivity index (χ4n) is 0. The Morgan fingerprint density at radius 2 is 0.909 bits per heavy atom. The Balaban J connectivity index is -0.000000107. The first-order valence-corrected chi connectivity index (χ1v) is 4.86. The molecule has 0 fully saturated rings. The Morgan fingerprint density at radius 3 is 0.909 bits per heavy atom. The maximum atomic E-state index is 4.68. The molecule has 0 aromatic rings. The topological polar surface area (TPSA) is 0 Å². The molecule has 0 aliphatic rings. The molecule has 0 aromatic carbocycles. The van der Waals surface area contributed by atoms with Crippen LogP contribution in [0, 0.1) is 11.8 Å². The van der Waals surface area contributed by atoms with Crippen LogP contribution in [0.3, 0.4) is 0 Å². The third-order valence-corrected chi connectivity index (χ3v) is 2.00. The van der Waals surface area contributed by atoms with Crippen molar-refractivity contribution in [1.29, 1.82) is 0 Å². The molecular formula is C8H18BeS2. The van der Waals surface area contributed by atoms with Gasteiger partial charge in [-0.2, -0.15) is 11.5 Å². The summed E-state index contributed by atoms with van der Waals surface area (Å²) in [5.74, 6) is 3.18. The van der Waals surface area contributed by atoms with Crippen LogP contribution in [0.15, 0.2) is 0 Å². The summed E-state index contributed by atoms with van der Waals surface area (Å²) in [5.41, 5.74) is 0. The SMILES string of the molecule is CC(C)C[S-].CC(C)C[S-].[Be+2]. The zero-order valence-electron chi connectivity index (χ0n) is 8.09.